The molecule has 4 heteroatoms. The van der Waals surface area contributed by atoms with Crippen molar-refractivity contribution >= 4 is 11.9 Å². The Morgan fingerprint density at radius 3 is 2.33 bits per heavy atom. The zero-order valence-electron chi connectivity index (χ0n) is 11.5. The second-order valence-corrected chi connectivity index (χ2v) is 5.37. The minimum atomic E-state index is -0.811. The van der Waals surface area contributed by atoms with Gasteiger partial charge in [0.2, 0.25) is 5.91 Å². The molecule has 4 nitrogen and oxygen atoms in total. The molecule has 0 aromatic heterocycles. The Kier molecular flexibility index (Phi) is 5.63. The van der Waals surface area contributed by atoms with Crippen LogP contribution in [0.5, 0.6) is 0 Å². The summed E-state index contributed by atoms with van der Waals surface area (Å²) in [6.45, 7) is 4.28. The minimum Gasteiger partial charge on any atom is -0.481 e. The molecular weight excluding hydrogens is 230 g/mol. The van der Waals surface area contributed by atoms with Gasteiger partial charge in [0.15, 0.2) is 0 Å². The predicted molar refractivity (Wildman–Crippen MR) is 70.2 cm³/mol. The molecule has 1 unspecified atom stereocenters. The van der Waals surface area contributed by atoms with Crippen molar-refractivity contribution in [1.82, 2.24) is 5.32 Å². The highest BCUT2D eigenvalue weighted by atomic mass is 16.4. The van der Waals surface area contributed by atoms with Crippen molar-refractivity contribution in [2.24, 2.45) is 11.3 Å². The first kappa shape index (κ1) is 15.0. The molecule has 0 spiro atoms. The molecule has 0 aliphatic heterocycles. The molecule has 0 radical (unpaired) electrons. The van der Waals surface area contributed by atoms with E-state index in [-0.39, 0.29) is 17.9 Å². The summed E-state index contributed by atoms with van der Waals surface area (Å²) in [4.78, 5) is 23.2. The number of aliphatic carboxylic acids is 1. The average Bonchev–Trinajstić information content (AvgIpc) is 2.83. The summed E-state index contributed by atoms with van der Waals surface area (Å²) in [6.07, 6.45) is 6.41. The standard InChI is InChI=1S/C14H25NO3/c1-3-7-11(12(16)17)10-15-13(18)14(4-2)8-5-6-9-14/h11H,3-10H2,1-2H3,(H,15,18)(H,16,17). The van der Waals surface area contributed by atoms with Gasteiger partial charge in [-0.2, -0.15) is 0 Å². The van der Waals surface area contributed by atoms with Gasteiger partial charge in [-0.15, -0.1) is 0 Å². The van der Waals surface area contributed by atoms with Crippen LogP contribution in [0, 0.1) is 11.3 Å². The molecule has 1 saturated carbocycles. The van der Waals surface area contributed by atoms with Crippen molar-refractivity contribution in [3.63, 3.8) is 0 Å². The molecule has 1 atom stereocenters. The molecule has 0 heterocycles. The lowest BCUT2D eigenvalue weighted by molar-refractivity contribution is -0.142. The van der Waals surface area contributed by atoms with Crippen LogP contribution in [-0.4, -0.2) is 23.5 Å². The molecule has 0 bridgehead atoms. The molecule has 1 fully saturated rings. The molecule has 1 aliphatic carbocycles. The summed E-state index contributed by atoms with van der Waals surface area (Å²) >= 11 is 0. The van der Waals surface area contributed by atoms with Crippen molar-refractivity contribution in [2.75, 3.05) is 6.54 Å². The molecule has 0 aromatic rings. The number of hydrogen-bond donors (Lipinski definition) is 2. The monoisotopic (exact) mass is 255 g/mol. The van der Waals surface area contributed by atoms with Gasteiger partial charge in [0.1, 0.15) is 0 Å². The molecule has 0 saturated heterocycles. The topological polar surface area (TPSA) is 66.4 Å². The second-order valence-electron chi connectivity index (χ2n) is 5.37. The SMILES string of the molecule is CCCC(CNC(=O)C1(CC)CCCC1)C(=O)O. The Labute approximate surface area is 109 Å². The smallest absolute Gasteiger partial charge is 0.308 e. The normalized spacial score (nSPS) is 19.4. The van der Waals surface area contributed by atoms with E-state index in [1.54, 1.807) is 0 Å². The predicted octanol–water partition coefficient (Wildman–Crippen LogP) is 2.57. The fourth-order valence-corrected chi connectivity index (χ4v) is 2.86. The Morgan fingerprint density at radius 2 is 1.89 bits per heavy atom. The molecule has 2 N–H and O–H groups in total. The maximum absolute atomic E-state index is 12.2. The molecule has 1 amide bonds. The van der Waals surface area contributed by atoms with Crippen molar-refractivity contribution in [3.8, 4) is 0 Å². The van der Waals surface area contributed by atoms with E-state index in [9.17, 15) is 9.59 Å². The Hall–Kier alpha value is -1.06. The number of carboxylic acids is 1. The third kappa shape index (κ3) is 3.47. The van der Waals surface area contributed by atoms with Crippen molar-refractivity contribution < 1.29 is 14.7 Å². The van der Waals surface area contributed by atoms with Gasteiger partial charge in [-0.3, -0.25) is 9.59 Å². The number of hydrogen-bond acceptors (Lipinski definition) is 2. The van der Waals surface area contributed by atoms with Crippen molar-refractivity contribution in [2.45, 2.75) is 58.8 Å². The largest absolute Gasteiger partial charge is 0.481 e. The lowest BCUT2D eigenvalue weighted by Gasteiger charge is -2.26. The van der Waals surface area contributed by atoms with E-state index in [1.807, 2.05) is 13.8 Å². The Morgan fingerprint density at radius 1 is 1.28 bits per heavy atom. The number of carboxylic acid groups (broad SMARTS) is 1. The van der Waals surface area contributed by atoms with E-state index >= 15 is 0 Å². The van der Waals surface area contributed by atoms with Crippen LogP contribution in [0.3, 0.4) is 0 Å². The van der Waals surface area contributed by atoms with Crippen LogP contribution in [0.25, 0.3) is 0 Å². The number of carbonyl (C=O) groups excluding carboxylic acids is 1. The van der Waals surface area contributed by atoms with E-state index in [0.29, 0.717) is 6.42 Å². The van der Waals surface area contributed by atoms with Crippen molar-refractivity contribution in [1.29, 1.82) is 0 Å². The highest BCUT2D eigenvalue weighted by Crippen LogP contribution is 2.41. The second kappa shape index (κ2) is 6.76. The third-order valence-electron chi connectivity index (χ3n) is 4.21. The van der Waals surface area contributed by atoms with E-state index in [4.69, 9.17) is 5.11 Å². The van der Waals surface area contributed by atoms with Crippen LogP contribution in [-0.2, 0) is 9.59 Å². The molecule has 18 heavy (non-hydrogen) atoms. The van der Waals surface area contributed by atoms with Crippen LogP contribution in [0.2, 0.25) is 0 Å². The van der Waals surface area contributed by atoms with Gasteiger partial charge < -0.3 is 10.4 Å². The van der Waals surface area contributed by atoms with E-state index in [0.717, 1.165) is 38.5 Å². The Balaban J connectivity index is 2.51. The molecule has 1 aliphatic rings. The van der Waals surface area contributed by atoms with Gasteiger partial charge in [0.25, 0.3) is 0 Å². The van der Waals surface area contributed by atoms with E-state index < -0.39 is 11.9 Å². The van der Waals surface area contributed by atoms with Crippen LogP contribution >= 0.6 is 0 Å². The van der Waals surface area contributed by atoms with Gasteiger partial charge in [-0.25, -0.2) is 0 Å². The summed E-state index contributed by atoms with van der Waals surface area (Å²) < 4.78 is 0. The van der Waals surface area contributed by atoms with Crippen LogP contribution < -0.4 is 5.32 Å². The first-order valence-corrected chi connectivity index (χ1v) is 7.07. The maximum atomic E-state index is 12.2. The first-order valence-electron chi connectivity index (χ1n) is 7.07. The number of carbonyl (C=O) groups is 2. The molecule has 0 aromatic carbocycles. The zero-order valence-corrected chi connectivity index (χ0v) is 11.5. The highest BCUT2D eigenvalue weighted by Gasteiger charge is 2.39. The van der Waals surface area contributed by atoms with Crippen LogP contribution in [0.1, 0.15) is 58.8 Å². The highest BCUT2D eigenvalue weighted by molar-refractivity contribution is 5.83. The van der Waals surface area contributed by atoms with Crippen LogP contribution in [0.15, 0.2) is 0 Å². The summed E-state index contributed by atoms with van der Waals surface area (Å²) in [5.41, 5.74) is -0.227. The maximum Gasteiger partial charge on any atom is 0.308 e. The fourth-order valence-electron chi connectivity index (χ4n) is 2.86. The number of amides is 1. The fraction of sp³-hybridized carbons (Fsp3) is 0.857. The summed E-state index contributed by atoms with van der Waals surface area (Å²) in [5.74, 6) is -1.20. The third-order valence-corrected chi connectivity index (χ3v) is 4.21. The molecule has 104 valence electrons. The number of nitrogens with one attached hydrogen (secondary N) is 1. The van der Waals surface area contributed by atoms with Gasteiger partial charge >= 0.3 is 5.97 Å². The van der Waals surface area contributed by atoms with E-state index in [1.165, 1.54) is 0 Å². The summed E-state index contributed by atoms with van der Waals surface area (Å²) in [7, 11) is 0. The first-order chi connectivity index (χ1) is 8.55. The van der Waals surface area contributed by atoms with Gasteiger partial charge in [0, 0.05) is 12.0 Å². The van der Waals surface area contributed by atoms with E-state index in [2.05, 4.69) is 5.32 Å². The quantitative estimate of drug-likeness (QED) is 0.734. The van der Waals surface area contributed by atoms with Gasteiger partial charge in [-0.1, -0.05) is 33.1 Å². The number of rotatable bonds is 7. The Bertz CT molecular complexity index is 295. The van der Waals surface area contributed by atoms with Crippen molar-refractivity contribution in [3.05, 3.63) is 0 Å². The zero-order chi connectivity index (χ0) is 13.6. The van der Waals surface area contributed by atoms with Gasteiger partial charge in [0.05, 0.1) is 5.92 Å². The summed E-state index contributed by atoms with van der Waals surface area (Å²) in [6, 6.07) is 0. The van der Waals surface area contributed by atoms with Crippen LogP contribution in [0.4, 0.5) is 0 Å². The minimum absolute atomic E-state index is 0.0600. The average molecular weight is 255 g/mol. The lowest BCUT2D eigenvalue weighted by atomic mass is 9.82. The molecular formula is C14H25NO3. The van der Waals surface area contributed by atoms with Gasteiger partial charge in [-0.05, 0) is 25.7 Å². The lowest BCUT2D eigenvalue weighted by Crippen LogP contribution is -2.42. The summed E-state index contributed by atoms with van der Waals surface area (Å²) in [5, 5.41) is 11.9. The molecule has 1 rings (SSSR count).